The third-order valence-corrected chi connectivity index (χ3v) is 2.37. The summed E-state index contributed by atoms with van der Waals surface area (Å²) in [6, 6.07) is 8.53. The summed E-state index contributed by atoms with van der Waals surface area (Å²) < 4.78 is 0. The van der Waals surface area contributed by atoms with Crippen molar-refractivity contribution < 1.29 is 0 Å². The molecule has 0 spiro atoms. The molecule has 2 aromatic rings. The van der Waals surface area contributed by atoms with Gasteiger partial charge in [0.1, 0.15) is 0 Å². The number of benzene rings is 1. The number of hydrogen-bond acceptors (Lipinski definition) is 1. The molecule has 0 unspecified atom stereocenters. The van der Waals surface area contributed by atoms with Crippen LogP contribution in [-0.4, -0.2) is 4.98 Å². The Morgan fingerprint density at radius 3 is 2.92 bits per heavy atom. The van der Waals surface area contributed by atoms with E-state index in [1.165, 1.54) is 22.2 Å². The van der Waals surface area contributed by atoms with Crippen molar-refractivity contribution in [2.24, 2.45) is 0 Å². The summed E-state index contributed by atoms with van der Waals surface area (Å²) in [4.78, 5) is 3.28. The Bertz CT molecular complexity index is 403. The highest BCUT2D eigenvalue weighted by molar-refractivity contribution is 7.79. The number of aromatic nitrogens is 1. The molecule has 1 aromatic carbocycles. The number of thiol groups is 1. The molecule has 0 atom stereocenters. The van der Waals surface area contributed by atoms with E-state index in [1.54, 1.807) is 0 Å². The number of aryl methyl sites for hydroxylation is 1. The SMILES string of the molecule is Cc1cc2cc(CS)ccc2[nH]1. The molecule has 0 aliphatic carbocycles. The maximum atomic E-state index is 4.23. The van der Waals surface area contributed by atoms with Crippen LogP contribution in [0.4, 0.5) is 0 Å². The lowest BCUT2D eigenvalue weighted by atomic mass is 10.2. The highest BCUT2D eigenvalue weighted by atomic mass is 32.1. The van der Waals surface area contributed by atoms with Gasteiger partial charge in [0, 0.05) is 17.0 Å². The van der Waals surface area contributed by atoms with E-state index in [0.29, 0.717) is 0 Å². The number of nitrogens with one attached hydrogen (secondary N) is 1. The van der Waals surface area contributed by atoms with Crippen LogP contribution in [0.1, 0.15) is 11.3 Å². The lowest BCUT2D eigenvalue weighted by molar-refractivity contribution is 1.30. The standard InChI is InChI=1S/C10H11NS/c1-7-4-9-5-8(6-12)2-3-10(9)11-7/h2-5,11-12H,6H2,1H3. The second kappa shape index (κ2) is 2.87. The Kier molecular flexibility index (Phi) is 1.85. The number of rotatable bonds is 1. The molecule has 2 rings (SSSR count). The Hall–Kier alpha value is -0.890. The fourth-order valence-electron chi connectivity index (χ4n) is 1.43. The summed E-state index contributed by atoms with van der Waals surface area (Å²) in [6.07, 6.45) is 0. The van der Waals surface area contributed by atoms with Crippen molar-refractivity contribution in [3.05, 3.63) is 35.5 Å². The zero-order valence-electron chi connectivity index (χ0n) is 6.96. The number of fused-ring (bicyclic) bond motifs is 1. The molecular weight excluding hydrogens is 166 g/mol. The van der Waals surface area contributed by atoms with Crippen LogP contribution in [0.5, 0.6) is 0 Å². The molecule has 0 amide bonds. The third-order valence-electron chi connectivity index (χ3n) is 2.00. The van der Waals surface area contributed by atoms with Gasteiger partial charge in [0.05, 0.1) is 0 Å². The first-order chi connectivity index (χ1) is 5.79. The van der Waals surface area contributed by atoms with Gasteiger partial charge in [-0.3, -0.25) is 0 Å². The van der Waals surface area contributed by atoms with E-state index < -0.39 is 0 Å². The van der Waals surface area contributed by atoms with Crippen molar-refractivity contribution in [3.63, 3.8) is 0 Å². The van der Waals surface area contributed by atoms with Crippen LogP contribution in [0.2, 0.25) is 0 Å². The number of hydrogen-bond donors (Lipinski definition) is 2. The highest BCUT2D eigenvalue weighted by Gasteiger charge is 1.97. The van der Waals surface area contributed by atoms with Gasteiger partial charge < -0.3 is 4.98 Å². The smallest absolute Gasteiger partial charge is 0.0456 e. The summed E-state index contributed by atoms with van der Waals surface area (Å²) in [7, 11) is 0. The van der Waals surface area contributed by atoms with Crippen molar-refractivity contribution in [2.45, 2.75) is 12.7 Å². The quantitative estimate of drug-likeness (QED) is 0.623. The van der Waals surface area contributed by atoms with Crippen LogP contribution < -0.4 is 0 Å². The minimum absolute atomic E-state index is 0.806. The maximum Gasteiger partial charge on any atom is 0.0456 e. The van der Waals surface area contributed by atoms with Crippen molar-refractivity contribution >= 4 is 23.5 Å². The fourth-order valence-corrected chi connectivity index (χ4v) is 1.62. The minimum Gasteiger partial charge on any atom is -0.359 e. The summed E-state index contributed by atoms with van der Waals surface area (Å²) in [5, 5.41) is 1.28. The molecule has 0 saturated heterocycles. The fraction of sp³-hybridized carbons (Fsp3) is 0.200. The van der Waals surface area contributed by atoms with Crippen molar-refractivity contribution in [1.29, 1.82) is 0 Å². The molecule has 1 aromatic heterocycles. The minimum atomic E-state index is 0.806. The average molecular weight is 177 g/mol. The molecule has 12 heavy (non-hydrogen) atoms. The second-order valence-electron chi connectivity index (χ2n) is 3.03. The Balaban J connectivity index is 2.66. The van der Waals surface area contributed by atoms with E-state index in [9.17, 15) is 0 Å². The largest absolute Gasteiger partial charge is 0.359 e. The lowest BCUT2D eigenvalue weighted by Crippen LogP contribution is -1.75. The summed E-state index contributed by atoms with van der Waals surface area (Å²) in [5.41, 5.74) is 3.68. The topological polar surface area (TPSA) is 15.8 Å². The maximum absolute atomic E-state index is 4.23. The van der Waals surface area contributed by atoms with E-state index in [2.05, 4.69) is 48.8 Å². The van der Waals surface area contributed by atoms with Gasteiger partial charge in [0.25, 0.3) is 0 Å². The molecule has 1 N–H and O–H groups in total. The molecular formula is C10H11NS. The molecule has 0 fully saturated rings. The van der Waals surface area contributed by atoms with Crippen LogP contribution in [0, 0.1) is 6.92 Å². The van der Waals surface area contributed by atoms with E-state index >= 15 is 0 Å². The number of H-pyrrole nitrogens is 1. The molecule has 2 heteroatoms. The first-order valence-corrected chi connectivity index (χ1v) is 4.62. The van der Waals surface area contributed by atoms with Gasteiger partial charge in [0.15, 0.2) is 0 Å². The summed E-state index contributed by atoms with van der Waals surface area (Å²) in [5.74, 6) is 0.806. The first-order valence-electron chi connectivity index (χ1n) is 3.99. The Labute approximate surface area is 77.2 Å². The first kappa shape index (κ1) is 7.74. The Morgan fingerprint density at radius 1 is 1.33 bits per heavy atom. The second-order valence-corrected chi connectivity index (χ2v) is 3.35. The summed E-state index contributed by atoms with van der Waals surface area (Å²) in [6.45, 7) is 2.07. The molecule has 1 nitrogen and oxygen atoms in total. The number of aromatic amines is 1. The van der Waals surface area contributed by atoms with Crippen LogP contribution in [-0.2, 0) is 5.75 Å². The molecule has 0 radical (unpaired) electrons. The van der Waals surface area contributed by atoms with E-state index in [1.807, 2.05) is 0 Å². The van der Waals surface area contributed by atoms with Gasteiger partial charge in [-0.25, -0.2) is 0 Å². The zero-order chi connectivity index (χ0) is 8.55. The van der Waals surface area contributed by atoms with Crippen molar-refractivity contribution in [1.82, 2.24) is 4.98 Å². The average Bonchev–Trinajstić information content (AvgIpc) is 2.43. The summed E-state index contributed by atoms with van der Waals surface area (Å²) >= 11 is 4.23. The van der Waals surface area contributed by atoms with E-state index in [-0.39, 0.29) is 0 Å². The third kappa shape index (κ3) is 1.23. The monoisotopic (exact) mass is 177 g/mol. The van der Waals surface area contributed by atoms with Gasteiger partial charge >= 0.3 is 0 Å². The lowest BCUT2D eigenvalue weighted by Gasteiger charge is -1.94. The van der Waals surface area contributed by atoms with Crippen LogP contribution in [0.15, 0.2) is 24.3 Å². The molecule has 0 aliphatic heterocycles. The van der Waals surface area contributed by atoms with Gasteiger partial charge in [0.2, 0.25) is 0 Å². The van der Waals surface area contributed by atoms with Gasteiger partial charge in [-0.05, 0) is 36.1 Å². The molecule has 0 aliphatic rings. The van der Waals surface area contributed by atoms with Gasteiger partial charge in [-0.1, -0.05) is 6.07 Å². The van der Waals surface area contributed by atoms with Crippen LogP contribution in [0.3, 0.4) is 0 Å². The molecule has 0 saturated carbocycles. The molecule has 1 heterocycles. The van der Waals surface area contributed by atoms with Crippen LogP contribution in [0.25, 0.3) is 10.9 Å². The van der Waals surface area contributed by atoms with Crippen molar-refractivity contribution in [2.75, 3.05) is 0 Å². The van der Waals surface area contributed by atoms with Gasteiger partial charge in [-0.15, -0.1) is 0 Å². The normalized spacial score (nSPS) is 10.8. The Morgan fingerprint density at radius 2 is 2.17 bits per heavy atom. The predicted octanol–water partition coefficient (Wildman–Crippen LogP) is 2.91. The molecule has 0 bridgehead atoms. The van der Waals surface area contributed by atoms with Crippen molar-refractivity contribution in [3.8, 4) is 0 Å². The zero-order valence-corrected chi connectivity index (χ0v) is 7.86. The van der Waals surface area contributed by atoms with E-state index in [4.69, 9.17) is 0 Å². The van der Waals surface area contributed by atoms with E-state index in [0.717, 1.165) is 5.75 Å². The van der Waals surface area contributed by atoms with Crippen LogP contribution >= 0.6 is 12.6 Å². The molecule has 62 valence electrons. The van der Waals surface area contributed by atoms with Gasteiger partial charge in [-0.2, -0.15) is 12.6 Å². The predicted molar refractivity (Wildman–Crippen MR) is 55.7 cm³/mol. The highest BCUT2D eigenvalue weighted by Crippen LogP contribution is 2.17.